The summed E-state index contributed by atoms with van der Waals surface area (Å²) in [5.41, 5.74) is 6.57. The van der Waals surface area contributed by atoms with Crippen LogP contribution in [-0.2, 0) is 11.2 Å². The highest BCUT2D eigenvalue weighted by Crippen LogP contribution is 2.24. The summed E-state index contributed by atoms with van der Waals surface area (Å²) in [4.78, 5) is 16.4. The molecule has 1 heterocycles. The predicted molar refractivity (Wildman–Crippen MR) is 91.4 cm³/mol. The Labute approximate surface area is 145 Å². The van der Waals surface area contributed by atoms with Gasteiger partial charge in [0.05, 0.1) is 0 Å². The fourth-order valence-electron chi connectivity index (χ4n) is 3.08. The largest absolute Gasteiger partial charge is 0.353 e. The van der Waals surface area contributed by atoms with Crippen LogP contribution in [0.4, 0.5) is 0 Å². The van der Waals surface area contributed by atoms with Crippen LogP contribution in [0.3, 0.4) is 0 Å². The minimum absolute atomic E-state index is 0.00610. The second-order valence-corrected chi connectivity index (χ2v) is 6.56. The third-order valence-corrected chi connectivity index (χ3v) is 4.70. The Balaban J connectivity index is 1.52. The number of benzene rings is 1. The molecule has 1 saturated carbocycles. The van der Waals surface area contributed by atoms with Crippen LogP contribution in [-0.4, -0.2) is 28.6 Å². The number of nitrogens with one attached hydrogen (secondary N) is 1. The molecular weight excluding hydrogens is 328 g/mol. The number of aromatic nitrogens is 2. The highest BCUT2D eigenvalue weighted by atomic mass is 35.5. The monoisotopic (exact) mass is 348 g/mol. The molecule has 1 aromatic heterocycles. The molecule has 0 bridgehead atoms. The van der Waals surface area contributed by atoms with Crippen molar-refractivity contribution in [3.05, 3.63) is 35.2 Å². The summed E-state index contributed by atoms with van der Waals surface area (Å²) in [6.45, 7) is 0.624. The second-order valence-electron chi connectivity index (χ2n) is 6.12. The van der Waals surface area contributed by atoms with E-state index in [1.54, 1.807) is 12.1 Å². The molecule has 2 atom stereocenters. The number of aryl methyl sites for hydroxylation is 1. The van der Waals surface area contributed by atoms with Crippen molar-refractivity contribution in [3.8, 4) is 11.4 Å². The first kappa shape index (κ1) is 16.9. The van der Waals surface area contributed by atoms with Crippen LogP contribution in [0.1, 0.15) is 31.6 Å². The maximum Gasteiger partial charge on any atom is 0.227 e. The summed E-state index contributed by atoms with van der Waals surface area (Å²) in [6.07, 6.45) is 3.98. The quantitative estimate of drug-likeness (QED) is 0.836. The van der Waals surface area contributed by atoms with Gasteiger partial charge in [-0.25, -0.2) is 0 Å². The molecule has 3 rings (SSSR count). The number of rotatable bonds is 6. The van der Waals surface area contributed by atoms with Crippen molar-refractivity contribution < 1.29 is 9.32 Å². The smallest absolute Gasteiger partial charge is 0.227 e. The van der Waals surface area contributed by atoms with Crippen molar-refractivity contribution in [1.82, 2.24) is 15.5 Å². The van der Waals surface area contributed by atoms with Crippen molar-refractivity contribution in [2.24, 2.45) is 11.7 Å². The van der Waals surface area contributed by atoms with Gasteiger partial charge in [0.15, 0.2) is 0 Å². The first-order valence-corrected chi connectivity index (χ1v) is 8.61. The van der Waals surface area contributed by atoms with Gasteiger partial charge in [-0.15, -0.1) is 0 Å². The molecule has 2 unspecified atom stereocenters. The first-order valence-electron chi connectivity index (χ1n) is 8.23. The van der Waals surface area contributed by atoms with E-state index in [4.69, 9.17) is 21.9 Å². The van der Waals surface area contributed by atoms with Gasteiger partial charge in [-0.2, -0.15) is 4.98 Å². The van der Waals surface area contributed by atoms with Gasteiger partial charge in [-0.1, -0.05) is 23.2 Å². The molecule has 3 N–H and O–H groups in total. The summed E-state index contributed by atoms with van der Waals surface area (Å²) < 4.78 is 5.22. The van der Waals surface area contributed by atoms with Crippen molar-refractivity contribution in [3.63, 3.8) is 0 Å². The summed E-state index contributed by atoms with van der Waals surface area (Å²) in [5.74, 6) is 1.36. The third kappa shape index (κ3) is 4.13. The zero-order chi connectivity index (χ0) is 16.9. The Morgan fingerprint density at radius 1 is 1.33 bits per heavy atom. The zero-order valence-electron chi connectivity index (χ0n) is 13.4. The van der Waals surface area contributed by atoms with Crippen LogP contribution in [0.15, 0.2) is 28.8 Å². The molecule has 0 saturated heterocycles. The van der Waals surface area contributed by atoms with E-state index in [0.717, 1.165) is 24.8 Å². The normalized spacial score (nSPS) is 20.2. The van der Waals surface area contributed by atoms with E-state index < -0.39 is 0 Å². The number of hydrogen-bond acceptors (Lipinski definition) is 5. The predicted octanol–water partition coefficient (Wildman–Crippen LogP) is 2.57. The lowest BCUT2D eigenvalue weighted by Crippen LogP contribution is -2.39. The van der Waals surface area contributed by atoms with E-state index in [1.807, 2.05) is 12.1 Å². The molecule has 1 aliphatic rings. The standard InChI is InChI=1S/C17H21ClN4O2/c18-13-6-4-11(5-7-13)17-21-16(24-22-17)9-8-15(23)20-14-3-1-2-12(14)10-19/h4-7,12,14H,1-3,8-10,19H2,(H,20,23). The average molecular weight is 349 g/mol. The minimum Gasteiger partial charge on any atom is -0.353 e. The van der Waals surface area contributed by atoms with Crippen molar-refractivity contribution in [2.75, 3.05) is 6.54 Å². The van der Waals surface area contributed by atoms with Gasteiger partial charge < -0.3 is 15.6 Å². The van der Waals surface area contributed by atoms with Crippen LogP contribution >= 0.6 is 11.6 Å². The summed E-state index contributed by atoms with van der Waals surface area (Å²) >= 11 is 5.86. The minimum atomic E-state index is 0.00610. The molecule has 0 radical (unpaired) electrons. The Hall–Kier alpha value is -1.92. The number of hydrogen-bond donors (Lipinski definition) is 2. The van der Waals surface area contributed by atoms with Gasteiger partial charge in [0.1, 0.15) is 0 Å². The van der Waals surface area contributed by atoms with Gasteiger partial charge in [0.25, 0.3) is 0 Å². The molecule has 1 amide bonds. The summed E-state index contributed by atoms with van der Waals surface area (Å²) in [6, 6.07) is 7.41. The van der Waals surface area contributed by atoms with Crippen molar-refractivity contribution >= 4 is 17.5 Å². The molecule has 0 aliphatic heterocycles. The van der Waals surface area contributed by atoms with Gasteiger partial charge in [0.2, 0.25) is 17.6 Å². The molecule has 6 nitrogen and oxygen atoms in total. The van der Waals surface area contributed by atoms with Crippen LogP contribution < -0.4 is 11.1 Å². The zero-order valence-corrected chi connectivity index (χ0v) is 14.1. The van der Waals surface area contributed by atoms with Crippen molar-refractivity contribution in [2.45, 2.75) is 38.1 Å². The molecule has 7 heteroatoms. The topological polar surface area (TPSA) is 94.0 Å². The molecule has 128 valence electrons. The fourth-order valence-corrected chi connectivity index (χ4v) is 3.21. The second kappa shape index (κ2) is 7.77. The first-order chi connectivity index (χ1) is 11.7. The average Bonchev–Trinajstić information content (AvgIpc) is 3.22. The lowest BCUT2D eigenvalue weighted by atomic mass is 10.0. The molecule has 1 aliphatic carbocycles. The van der Waals surface area contributed by atoms with Crippen LogP contribution in [0.2, 0.25) is 5.02 Å². The Morgan fingerprint density at radius 2 is 2.12 bits per heavy atom. The van der Waals surface area contributed by atoms with Gasteiger partial charge in [0, 0.05) is 29.5 Å². The molecular formula is C17H21ClN4O2. The fraction of sp³-hybridized carbons (Fsp3) is 0.471. The van der Waals surface area contributed by atoms with Crippen LogP contribution in [0.5, 0.6) is 0 Å². The SMILES string of the molecule is NCC1CCCC1NC(=O)CCc1nc(-c2ccc(Cl)cc2)no1. The molecule has 2 aromatic rings. The Morgan fingerprint density at radius 3 is 2.88 bits per heavy atom. The van der Waals surface area contributed by atoms with E-state index in [-0.39, 0.29) is 11.9 Å². The molecule has 1 fully saturated rings. The van der Waals surface area contributed by atoms with E-state index in [1.165, 1.54) is 0 Å². The lowest BCUT2D eigenvalue weighted by molar-refractivity contribution is -0.122. The maximum atomic E-state index is 12.1. The van der Waals surface area contributed by atoms with Crippen molar-refractivity contribution in [1.29, 1.82) is 0 Å². The summed E-state index contributed by atoms with van der Waals surface area (Å²) in [5, 5.41) is 7.67. The lowest BCUT2D eigenvalue weighted by Gasteiger charge is -2.19. The van der Waals surface area contributed by atoms with E-state index in [9.17, 15) is 4.79 Å². The third-order valence-electron chi connectivity index (χ3n) is 4.44. The molecule has 1 aromatic carbocycles. The van der Waals surface area contributed by atoms with Gasteiger partial charge >= 0.3 is 0 Å². The Bertz CT molecular complexity index is 686. The highest BCUT2D eigenvalue weighted by molar-refractivity contribution is 6.30. The number of carbonyl (C=O) groups excluding carboxylic acids is 1. The Kier molecular flexibility index (Phi) is 5.48. The number of nitrogens with zero attached hydrogens (tertiary/aromatic N) is 2. The summed E-state index contributed by atoms with van der Waals surface area (Å²) in [7, 11) is 0. The van der Waals surface area contributed by atoms with Gasteiger partial charge in [-0.3, -0.25) is 4.79 Å². The number of nitrogens with two attached hydrogens (primary N) is 1. The highest BCUT2D eigenvalue weighted by Gasteiger charge is 2.27. The molecule has 24 heavy (non-hydrogen) atoms. The van der Waals surface area contributed by atoms with Gasteiger partial charge in [-0.05, 0) is 49.6 Å². The number of carbonyl (C=O) groups is 1. The number of halogens is 1. The van der Waals surface area contributed by atoms with E-state index in [2.05, 4.69) is 15.5 Å². The van der Waals surface area contributed by atoms with E-state index >= 15 is 0 Å². The maximum absolute atomic E-state index is 12.1. The van der Waals surface area contributed by atoms with Crippen LogP contribution in [0.25, 0.3) is 11.4 Å². The number of amides is 1. The van der Waals surface area contributed by atoms with Crippen LogP contribution in [0, 0.1) is 5.92 Å². The van der Waals surface area contributed by atoms with E-state index in [0.29, 0.717) is 42.0 Å². The molecule has 0 spiro atoms.